The van der Waals surface area contributed by atoms with Gasteiger partial charge in [0.1, 0.15) is 18.1 Å². The number of methoxy groups -OCH3 is 1. The molecule has 21 heavy (non-hydrogen) atoms. The lowest BCUT2D eigenvalue weighted by molar-refractivity contribution is 0.256. The lowest BCUT2D eigenvalue weighted by Crippen LogP contribution is -2.06. The van der Waals surface area contributed by atoms with Crippen LogP contribution < -0.4 is 9.47 Å². The number of aryl methyl sites for hydroxylation is 2. The second kappa shape index (κ2) is 6.59. The molecule has 1 aromatic carbocycles. The SMILES string of the molecule is COc1c(C)cnc(COc2c(C)cccc2CO)c1C. The van der Waals surface area contributed by atoms with Gasteiger partial charge in [-0.05, 0) is 26.3 Å². The van der Waals surface area contributed by atoms with Crippen LogP contribution in [0.15, 0.2) is 24.4 Å². The summed E-state index contributed by atoms with van der Waals surface area (Å²) in [5.74, 6) is 1.57. The third-order valence-electron chi connectivity index (χ3n) is 3.57. The minimum Gasteiger partial charge on any atom is -0.496 e. The second-order valence-corrected chi connectivity index (χ2v) is 5.06. The number of ether oxygens (including phenoxy) is 2. The van der Waals surface area contributed by atoms with Gasteiger partial charge in [-0.15, -0.1) is 0 Å². The zero-order valence-electron chi connectivity index (χ0n) is 12.9. The molecule has 0 bridgehead atoms. The first-order chi connectivity index (χ1) is 10.1. The van der Waals surface area contributed by atoms with E-state index in [1.807, 2.05) is 39.0 Å². The Morgan fingerprint density at radius 3 is 2.52 bits per heavy atom. The van der Waals surface area contributed by atoms with Crippen LogP contribution in [-0.2, 0) is 13.2 Å². The first-order valence-electron chi connectivity index (χ1n) is 6.89. The summed E-state index contributed by atoms with van der Waals surface area (Å²) in [5, 5.41) is 9.40. The molecule has 1 heterocycles. The van der Waals surface area contributed by atoms with Gasteiger partial charge < -0.3 is 14.6 Å². The van der Waals surface area contributed by atoms with Crippen LogP contribution in [0, 0.1) is 20.8 Å². The van der Waals surface area contributed by atoms with Crippen molar-refractivity contribution in [2.45, 2.75) is 34.0 Å². The van der Waals surface area contributed by atoms with Gasteiger partial charge >= 0.3 is 0 Å². The normalized spacial score (nSPS) is 10.5. The van der Waals surface area contributed by atoms with E-state index in [1.165, 1.54) is 0 Å². The molecule has 0 aliphatic heterocycles. The number of rotatable bonds is 5. The Morgan fingerprint density at radius 2 is 1.86 bits per heavy atom. The van der Waals surface area contributed by atoms with E-state index < -0.39 is 0 Å². The lowest BCUT2D eigenvalue weighted by atomic mass is 10.1. The highest BCUT2D eigenvalue weighted by molar-refractivity contribution is 5.42. The van der Waals surface area contributed by atoms with E-state index in [0.29, 0.717) is 6.61 Å². The standard InChI is InChI=1S/C17H21NO3/c1-11-6-5-7-14(9-19)17(11)21-10-15-13(3)16(20-4)12(2)8-18-15/h5-8,19H,9-10H2,1-4H3. The fourth-order valence-corrected chi connectivity index (χ4v) is 2.40. The fraction of sp³-hybridized carbons (Fsp3) is 0.353. The smallest absolute Gasteiger partial charge is 0.131 e. The molecule has 112 valence electrons. The van der Waals surface area contributed by atoms with E-state index in [1.54, 1.807) is 13.3 Å². The van der Waals surface area contributed by atoms with Gasteiger partial charge in [-0.1, -0.05) is 18.2 Å². The van der Waals surface area contributed by atoms with Gasteiger partial charge in [0.2, 0.25) is 0 Å². The fourth-order valence-electron chi connectivity index (χ4n) is 2.40. The summed E-state index contributed by atoms with van der Waals surface area (Å²) in [6, 6.07) is 5.73. The van der Waals surface area contributed by atoms with Gasteiger partial charge in [-0.3, -0.25) is 4.98 Å². The Kier molecular flexibility index (Phi) is 4.81. The van der Waals surface area contributed by atoms with Crippen molar-refractivity contribution in [3.63, 3.8) is 0 Å². The summed E-state index contributed by atoms with van der Waals surface area (Å²) >= 11 is 0. The number of aliphatic hydroxyl groups excluding tert-OH is 1. The van der Waals surface area contributed by atoms with Gasteiger partial charge in [0.05, 0.1) is 19.4 Å². The number of aromatic nitrogens is 1. The molecule has 4 nitrogen and oxygen atoms in total. The Hall–Kier alpha value is -2.07. The molecular weight excluding hydrogens is 266 g/mol. The topological polar surface area (TPSA) is 51.6 Å². The average Bonchev–Trinajstić information content (AvgIpc) is 2.48. The Morgan fingerprint density at radius 1 is 1.10 bits per heavy atom. The Labute approximate surface area is 125 Å². The van der Waals surface area contributed by atoms with E-state index >= 15 is 0 Å². The lowest BCUT2D eigenvalue weighted by Gasteiger charge is -2.15. The minimum absolute atomic E-state index is 0.0410. The van der Waals surface area contributed by atoms with E-state index in [4.69, 9.17) is 9.47 Å². The minimum atomic E-state index is -0.0410. The van der Waals surface area contributed by atoms with Crippen LogP contribution in [0.2, 0.25) is 0 Å². The molecule has 1 N–H and O–H groups in total. The molecule has 0 fully saturated rings. The molecule has 0 saturated carbocycles. The van der Waals surface area contributed by atoms with Crippen LogP contribution >= 0.6 is 0 Å². The van der Waals surface area contributed by atoms with Gasteiger partial charge in [0.15, 0.2) is 0 Å². The molecule has 0 spiro atoms. The molecule has 4 heteroatoms. The van der Waals surface area contributed by atoms with Crippen molar-refractivity contribution in [1.82, 2.24) is 4.98 Å². The molecule has 0 amide bonds. The van der Waals surface area contributed by atoms with E-state index in [-0.39, 0.29) is 6.61 Å². The van der Waals surface area contributed by atoms with Gasteiger partial charge in [-0.2, -0.15) is 0 Å². The van der Waals surface area contributed by atoms with E-state index in [9.17, 15) is 5.11 Å². The number of hydrogen-bond donors (Lipinski definition) is 1. The molecule has 2 rings (SSSR count). The molecule has 0 aliphatic rings. The number of aliphatic hydroxyl groups is 1. The van der Waals surface area contributed by atoms with Gasteiger partial charge in [-0.25, -0.2) is 0 Å². The average molecular weight is 287 g/mol. The highest BCUT2D eigenvalue weighted by atomic mass is 16.5. The molecular formula is C17H21NO3. The number of nitrogens with zero attached hydrogens (tertiary/aromatic N) is 1. The molecule has 2 aromatic rings. The van der Waals surface area contributed by atoms with E-state index in [2.05, 4.69) is 4.98 Å². The van der Waals surface area contributed by atoms with Crippen molar-refractivity contribution in [3.05, 3.63) is 52.3 Å². The summed E-state index contributed by atoms with van der Waals surface area (Å²) in [7, 11) is 1.66. The Bertz CT molecular complexity index is 638. The molecule has 1 aromatic heterocycles. The predicted molar refractivity (Wildman–Crippen MR) is 81.7 cm³/mol. The number of pyridine rings is 1. The van der Waals surface area contributed by atoms with Gasteiger partial charge in [0, 0.05) is 22.9 Å². The number of hydrogen-bond acceptors (Lipinski definition) is 4. The summed E-state index contributed by atoms with van der Waals surface area (Å²) in [4.78, 5) is 4.42. The van der Waals surface area contributed by atoms with Crippen LogP contribution in [0.4, 0.5) is 0 Å². The maximum Gasteiger partial charge on any atom is 0.131 e. The molecule has 0 saturated heterocycles. The van der Waals surface area contributed by atoms with Crippen molar-refractivity contribution in [3.8, 4) is 11.5 Å². The van der Waals surface area contributed by atoms with Crippen molar-refractivity contribution >= 4 is 0 Å². The molecule has 0 unspecified atom stereocenters. The summed E-state index contributed by atoms with van der Waals surface area (Å²) in [6.45, 7) is 6.21. The monoisotopic (exact) mass is 287 g/mol. The van der Waals surface area contributed by atoms with Crippen molar-refractivity contribution in [2.24, 2.45) is 0 Å². The van der Waals surface area contributed by atoms with Crippen LogP contribution in [0.1, 0.15) is 27.9 Å². The first-order valence-corrected chi connectivity index (χ1v) is 6.89. The van der Waals surface area contributed by atoms with Crippen molar-refractivity contribution in [1.29, 1.82) is 0 Å². The second-order valence-electron chi connectivity index (χ2n) is 5.06. The molecule has 0 aliphatic carbocycles. The summed E-state index contributed by atoms with van der Waals surface area (Å²) in [5.41, 5.74) is 4.61. The maximum atomic E-state index is 9.40. The largest absolute Gasteiger partial charge is 0.496 e. The first kappa shape index (κ1) is 15.3. The highest BCUT2D eigenvalue weighted by Crippen LogP contribution is 2.27. The quantitative estimate of drug-likeness (QED) is 0.918. The maximum absolute atomic E-state index is 9.40. The number of para-hydroxylation sites is 1. The van der Waals surface area contributed by atoms with Crippen LogP contribution in [0.25, 0.3) is 0 Å². The Balaban J connectivity index is 2.25. The van der Waals surface area contributed by atoms with Crippen LogP contribution in [0.5, 0.6) is 11.5 Å². The zero-order chi connectivity index (χ0) is 15.4. The zero-order valence-corrected chi connectivity index (χ0v) is 12.9. The third kappa shape index (κ3) is 3.16. The summed E-state index contributed by atoms with van der Waals surface area (Å²) < 4.78 is 11.3. The molecule has 0 atom stereocenters. The van der Waals surface area contributed by atoms with Crippen LogP contribution in [0.3, 0.4) is 0 Å². The van der Waals surface area contributed by atoms with E-state index in [0.717, 1.165) is 39.4 Å². The summed E-state index contributed by atoms with van der Waals surface area (Å²) in [6.07, 6.45) is 1.79. The van der Waals surface area contributed by atoms with Crippen molar-refractivity contribution < 1.29 is 14.6 Å². The highest BCUT2D eigenvalue weighted by Gasteiger charge is 2.12. The van der Waals surface area contributed by atoms with Crippen LogP contribution in [-0.4, -0.2) is 17.2 Å². The van der Waals surface area contributed by atoms with Gasteiger partial charge in [0.25, 0.3) is 0 Å². The predicted octanol–water partition coefficient (Wildman–Crippen LogP) is 3.09. The van der Waals surface area contributed by atoms with Crippen molar-refractivity contribution in [2.75, 3.05) is 7.11 Å². The third-order valence-corrected chi connectivity index (χ3v) is 3.57. The molecule has 0 radical (unpaired) electrons. The number of benzene rings is 1.